The number of carboxylic acids is 1. The van der Waals surface area contributed by atoms with Crippen LogP contribution >= 0.6 is 11.3 Å². The van der Waals surface area contributed by atoms with Crippen molar-refractivity contribution in [3.8, 4) is 5.75 Å². The average Bonchev–Trinajstić information content (AvgIpc) is 3.30. The van der Waals surface area contributed by atoms with Crippen molar-refractivity contribution < 1.29 is 14.6 Å². The van der Waals surface area contributed by atoms with E-state index in [0.29, 0.717) is 5.75 Å². The Hall–Kier alpha value is -3.20. The number of ether oxygens (including phenoxy) is 1. The number of thiophene rings is 1. The third kappa shape index (κ3) is 3.17. The van der Waals surface area contributed by atoms with Crippen LogP contribution in [0.3, 0.4) is 0 Å². The molecule has 1 aromatic carbocycles. The molecule has 29 heavy (non-hydrogen) atoms. The normalized spacial score (nSPS) is 16.1. The first kappa shape index (κ1) is 17.9. The molecule has 1 aliphatic carbocycles. The van der Waals surface area contributed by atoms with Crippen molar-refractivity contribution in [2.45, 2.75) is 25.7 Å². The number of benzene rings is 1. The molecule has 1 unspecified atom stereocenters. The van der Waals surface area contributed by atoms with Crippen LogP contribution in [0.25, 0.3) is 21.1 Å². The number of rotatable bonds is 5. The molecule has 3 heterocycles. The molecule has 3 aromatic heterocycles. The minimum absolute atomic E-state index is 0.182. The van der Waals surface area contributed by atoms with Crippen molar-refractivity contribution in [1.29, 1.82) is 0 Å². The van der Waals surface area contributed by atoms with Gasteiger partial charge in [-0.3, -0.25) is 9.89 Å². The number of aryl methyl sites for hydroxylation is 1. The van der Waals surface area contributed by atoms with Gasteiger partial charge in [-0.1, -0.05) is 0 Å². The molecule has 0 saturated heterocycles. The number of nitrogens with zero attached hydrogens (tertiary/aromatic N) is 3. The maximum atomic E-state index is 11.1. The van der Waals surface area contributed by atoms with Gasteiger partial charge in [0.15, 0.2) is 0 Å². The average molecular weight is 409 g/mol. The van der Waals surface area contributed by atoms with E-state index in [1.165, 1.54) is 10.4 Å². The first-order chi connectivity index (χ1) is 14.1. The Labute approximate surface area is 169 Å². The zero-order chi connectivity index (χ0) is 20.0. The maximum Gasteiger partial charge on any atom is 0.303 e. The van der Waals surface area contributed by atoms with Crippen LogP contribution in [-0.4, -0.2) is 38.4 Å². The zero-order valence-corrected chi connectivity index (χ0v) is 16.5. The molecule has 5 rings (SSSR count). The van der Waals surface area contributed by atoms with Crippen LogP contribution in [0, 0.1) is 5.92 Å². The Morgan fingerprint density at radius 1 is 1.41 bits per heavy atom. The Kier molecular flexibility index (Phi) is 4.31. The number of carbonyl (C=O) groups is 1. The highest BCUT2D eigenvalue weighted by molar-refractivity contribution is 7.19. The zero-order valence-electron chi connectivity index (χ0n) is 15.7. The fourth-order valence-electron chi connectivity index (χ4n) is 4.06. The summed E-state index contributed by atoms with van der Waals surface area (Å²) in [5.74, 6) is 0.883. The number of H-pyrrole nitrogens is 1. The molecule has 0 aliphatic heterocycles. The van der Waals surface area contributed by atoms with E-state index in [2.05, 4.69) is 25.5 Å². The van der Waals surface area contributed by atoms with Gasteiger partial charge in [-0.2, -0.15) is 5.10 Å². The van der Waals surface area contributed by atoms with Crippen LogP contribution in [0.1, 0.15) is 23.3 Å². The first-order valence-electron chi connectivity index (χ1n) is 9.37. The van der Waals surface area contributed by atoms with Crippen molar-refractivity contribution in [1.82, 2.24) is 20.2 Å². The summed E-state index contributed by atoms with van der Waals surface area (Å²) in [6, 6.07) is 3.88. The second-order valence-electron chi connectivity index (χ2n) is 7.25. The molecule has 0 spiro atoms. The van der Waals surface area contributed by atoms with Crippen LogP contribution in [0.15, 0.2) is 24.7 Å². The number of carboxylic acid groups (broad SMARTS) is 1. The van der Waals surface area contributed by atoms with Gasteiger partial charge in [0.05, 0.1) is 29.9 Å². The summed E-state index contributed by atoms with van der Waals surface area (Å²) < 4.78 is 5.55. The molecule has 0 radical (unpaired) electrons. The number of methoxy groups -OCH3 is 1. The molecular formula is C20H19N5O3S. The van der Waals surface area contributed by atoms with E-state index in [4.69, 9.17) is 9.84 Å². The van der Waals surface area contributed by atoms with Gasteiger partial charge >= 0.3 is 5.97 Å². The van der Waals surface area contributed by atoms with Crippen molar-refractivity contribution >= 4 is 49.9 Å². The quantitative estimate of drug-likeness (QED) is 0.458. The van der Waals surface area contributed by atoms with Crippen LogP contribution in [-0.2, 0) is 17.6 Å². The molecule has 0 bridgehead atoms. The molecule has 1 atom stereocenters. The number of anilines is 2. The Balaban J connectivity index is 1.55. The standard InChI is InChI=1S/C20H19N5O3S/c1-28-15-7-13-11(8-23-25-13)6-14(15)24-19-18-12-3-2-10(5-17(26)27)4-16(12)29-20(18)22-9-21-19/h6-10H,2-5H2,1H3,(H,23,25)(H,26,27)(H,21,22,24). The van der Waals surface area contributed by atoms with Crippen molar-refractivity contribution in [2.24, 2.45) is 5.92 Å². The lowest BCUT2D eigenvalue weighted by molar-refractivity contribution is -0.138. The predicted molar refractivity (Wildman–Crippen MR) is 111 cm³/mol. The van der Waals surface area contributed by atoms with Crippen LogP contribution in [0.5, 0.6) is 5.75 Å². The second-order valence-corrected chi connectivity index (χ2v) is 8.33. The van der Waals surface area contributed by atoms with Gasteiger partial charge in [0.1, 0.15) is 22.7 Å². The van der Waals surface area contributed by atoms with Crippen molar-refractivity contribution in [2.75, 3.05) is 12.4 Å². The largest absolute Gasteiger partial charge is 0.494 e. The SMILES string of the molecule is COc1cc2[nH]ncc2cc1Nc1ncnc2sc3c(c12)CCC(CC(=O)O)C3. The van der Waals surface area contributed by atoms with E-state index in [0.717, 1.165) is 51.9 Å². The summed E-state index contributed by atoms with van der Waals surface area (Å²) in [5.41, 5.74) is 2.94. The number of nitrogens with one attached hydrogen (secondary N) is 2. The Bertz CT molecular complexity index is 1230. The summed E-state index contributed by atoms with van der Waals surface area (Å²) in [5, 5.41) is 21.6. The number of hydrogen-bond acceptors (Lipinski definition) is 7. The smallest absolute Gasteiger partial charge is 0.303 e. The predicted octanol–water partition coefficient (Wildman–Crippen LogP) is 3.90. The van der Waals surface area contributed by atoms with Gasteiger partial charge < -0.3 is 15.2 Å². The third-order valence-electron chi connectivity index (χ3n) is 5.42. The van der Waals surface area contributed by atoms with Gasteiger partial charge in [-0.05, 0) is 36.8 Å². The van der Waals surface area contributed by atoms with E-state index in [-0.39, 0.29) is 12.3 Å². The Morgan fingerprint density at radius 3 is 3.14 bits per heavy atom. The van der Waals surface area contributed by atoms with Gasteiger partial charge in [-0.15, -0.1) is 11.3 Å². The highest BCUT2D eigenvalue weighted by atomic mass is 32.1. The molecule has 3 N–H and O–H groups in total. The second kappa shape index (κ2) is 7.00. The van der Waals surface area contributed by atoms with Crippen LogP contribution < -0.4 is 10.1 Å². The monoisotopic (exact) mass is 409 g/mol. The lowest BCUT2D eigenvalue weighted by Crippen LogP contribution is -2.16. The molecule has 0 saturated carbocycles. The van der Waals surface area contributed by atoms with Crippen LogP contribution in [0.2, 0.25) is 0 Å². The molecule has 9 heteroatoms. The van der Waals surface area contributed by atoms with Gasteiger partial charge in [0.2, 0.25) is 0 Å². The van der Waals surface area contributed by atoms with E-state index in [1.807, 2.05) is 12.1 Å². The van der Waals surface area contributed by atoms with Gasteiger partial charge in [0.25, 0.3) is 0 Å². The summed E-state index contributed by atoms with van der Waals surface area (Å²) in [6.07, 6.45) is 6.03. The number of aromatic amines is 1. The maximum absolute atomic E-state index is 11.1. The molecular weight excluding hydrogens is 390 g/mol. The number of fused-ring (bicyclic) bond motifs is 4. The van der Waals surface area contributed by atoms with E-state index >= 15 is 0 Å². The highest BCUT2D eigenvalue weighted by Crippen LogP contribution is 2.42. The lowest BCUT2D eigenvalue weighted by Gasteiger charge is -2.21. The molecule has 1 aliphatic rings. The summed E-state index contributed by atoms with van der Waals surface area (Å²) in [4.78, 5) is 22.2. The number of hydrogen-bond donors (Lipinski definition) is 3. The fourth-order valence-corrected chi connectivity index (χ4v) is 5.36. The minimum Gasteiger partial charge on any atom is -0.494 e. The van der Waals surface area contributed by atoms with Gasteiger partial charge in [0, 0.05) is 22.8 Å². The van der Waals surface area contributed by atoms with Gasteiger partial charge in [-0.25, -0.2) is 9.97 Å². The van der Waals surface area contributed by atoms with E-state index in [1.54, 1.807) is 31.0 Å². The summed E-state index contributed by atoms with van der Waals surface area (Å²) in [7, 11) is 1.63. The molecule has 0 fully saturated rings. The molecule has 8 nitrogen and oxygen atoms in total. The lowest BCUT2D eigenvalue weighted by atomic mass is 9.86. The topological polar surface area (TPSA) is 113 Å². The molecule has 4 aromatic rings. The Morgan fingerprint density at radius 2 is 2.31 bits per heavy atom. The van der Waals surface area contributed by atoms with E-state index < -0.39 is 5.97 Å². The summed E-state index contributed by atoms with van der Waals surface area (Å²) in [6.45, 7) is 0. The van der Waals surface area contributed by atoms with Crippen molar-refractivity contribution in [3.63, 3.8) is 0 Å². The fraction of sp³-hybridized carbons (Fsp3) is 0.300. The van der Waals surface area contributed by atoms with Crippen molar-refractivity contribution in [3.05, 3.63) is 35.1 Å². The first-order valence-corrected chi connectivity index (χ1v) is 10.2. The van der Waals surface area contributed by atoms with Crippen LogP contribution in [0.4, 0.5) is 11.5 Å². The number of aliphatic carboxylic acids is 1. The highest BCUT2D eigenvalue weighted by Gasteiger charge is 2.26. The number of aromatic nitrogens is 4. The molecule has 0 amide bonds. The third-order valence-corrected chi connectivity index (χ3v) is 6.59. The molecule has 148 valence electrons. The minimum atomic E-state index is -0.733. The van der Waals surface area contributed by atoms with E-state index in [9.17, 15) is 4.79 Å². The summed E-state index contributed by atoms with van der Waals surface area (Å²) >= 11 is 1.64.